The molecular formula is C24H34N4O3. The number of ether oxygens (including phenoxy) is 2. The van der Waals surface area contributed by atoms with Crippen molar-refractivity contribution < 1.29 is 14.3 Å². The standard InChI is InChI=1S/C24H34N4O3/c1-18-11-12-21(22(15-18)31-14-13-30-5)16-25-24(26-17-23(29)28(3)4)27-19(2)20-9-7-6-8-10-20/h6-12,15,19H,13-14,16-17H2,1-5H3,(H2,25,26,27). The lowest BCUT2D eigenvalue weighted by Crippen LogP contribution is -2.43. The van der Waals surface area contributed by atoms with Gasteiger partial charge in [0.15, 0.2) is 5.96 Å². The summed E-state index contributed by atoms with van der Waals surface area (Å²) >= 11 is 0. The van der Waals surface area contributed by atoms with Crippen molar-refractivity contribution in [1.29, 1.82) is 0 Å². The predicted octanol–water partition coefficient (Wildman–Crippen LogP) is 2.90. The maximum absolute atomic E-state index is 12.1. The summed E-state index contributed by atoms with van der Waals surface area (Å²) in [5.74, 6) is 1.33. The van der Waals surface area contributed by atoms with E-state index in [0.29, 0.717) is 25.7 Å². The second-order valence-corrected chi connectivity index (χ2v) is 7.54. The van der Waals surface area contributed by atoms with Crippen LogP contribution in [0.4, 0.5) is 0 Å². The zero-order chi connectivity index (χ0) is 22.6. The Kier molecular flexibility index (Phi) is 9.84. The summed E-state index contributed by atoms with van der Waals surface area (Å²) in [6.07, 6.45) is 0. The van der Waals surface area contributed by atoms with Crippen LogP contribution in [0, 0.1) is 6.92 Å². The van der Waals surface area contributed by atoms with Crippen molar-refractivity contribution in [1.82, 2.24) is 15.5 Å². The fourth-order valence-corrected chi connectivity index (χ4v) is 2.83. The van der Waals surface area contributed by atoms with Crippen molar-refractivity contribution >= 4 is 11.9 Å². The number of aryl methyl sites for hydroxylation is 1. The van der Waals surface area contributed by atoms with Gasteiger partial charge in [0.05, 0.1) is 25.7 Å². The third-order valence-corrected chi connectivity index (χ3v) is 4.73. The monoisotopic (exact) mass is 426 g/mol. The molecule has 2 rings (SSSR count). The lowest BCUT2D eigenvalue weighted by atomic mass is 10.1. The van der Waals surface area contributed by atoms with Crippen LogP contribution in [0.25, 0.3) is 0 Å². The first-order valence-electron chi connectivity index (χ1n) is 10.4. The molecule has 1 unspecified atom stereocenters. The van der Waals surface area contributed by atoms with Gasteiger partial charge in [-0.25, -0.2) is 4.99 Å². The van der Waals surface area contributed by atoms with Gasteiger partial charge < -0.3 is 25.0 Å². The smallest absolute Gasteiger partial charge is 0.241 e. The zero-order valence-corrected chi connectivity index (χ0v) is 19.1. The number of carbonyl (C=O) groups excluding carboxylic acids is 1. The summed E-state index contributed by atoms with van der Waals surface area (Å²) < 4.78 is 11.0. The van der Waals surface area contributed by atoms with Gasteiger partial charge in [0.2, 0.25) is 5.91 Å². The van der Waals surface area contributed by atoms with Gasteiger partial charge in [-0.3, -0.25) is 4.79 Å². The van der Waals surface area contributed by atoms with Crippen LogP contribution in [0.5, 0.6) is 5.75 Å². The molecule has 0 aromatic heterocycles. The minimum atomic E-state index is -0.0270. The van der Waals surface area contributed by atoms with E-state index in [1.54, 1.807) is 26.1 Å². The van der Waals surface area contributed by atoms with Gasteiger partial charge in [-0.1, -0.05) is 42.5 Å². The van der Waals surface area contributed by atoms with Gasteiger partial charge in [-0.05, 0) is 31.0 Å². The summed E-state index contributed by atoms with van der Waals surface area (Å²) in [5, 5.41) is 6.53. The molecule has 7 heteroatoms. The Morgan fingerprint density at radius 1 is 1.13 bits per heavy atom. The van der Waals surface area contributed by atoms with Crippen molar-refractivity contribution in [3.8, 4) is 5.75 Å². The molecule has 0 fully saturated rings. The molecule has 2 aromatic rings. The van der Waals surface area contributed by atoms with E-state index in [0.717, 1.165) is 22.4 Å². The molecule has 7 nitrogen and oxygen atoms in total. The topological polar surface area (TPSA) is 75.2 Å². The van der Waals surface area contributed by atoms with E-state index in [1.165, 1.54) is 0 Å². The molecule has 0 heterocycles. The first kappa shape index (κ1) is 24.2. The Bertz CT molecular complexity index is 853. The zero-order valence-electron chi connectivity index (χ0n) is 19.1. The second kappa shape index (κ2) is 12.6. The number of hydrogen-bond donors (Lipinski definition) is 2. The Morgan fingerprint density at radius 2 is 1.87 bits per heavy atom. The minimum absolute atomic E-state index is 0.0253. The Balaban J connectivity index is 2.17. The number of rotatable bonds is 10. The van der Waals surface area contributed by atoms with Crippen LogP contribution in [0.15, 0.2) is 53.5 Å². The highest BCUT2D eigenvalue weighted by atomic mass is 16.5. The van der Waals surface area contributed by atoms with E-state index in [9.17, 15) is 4.79 Å². The van der Waals surface area contributed by atoms with Gasteiger partial charge in [0.25, 0.3) is 0 Å². The van der Waals surface area contributed by atoms with E-state index in [-0.39, 0.29) is 18.5 Å². The molecule has 0 spiro atoms. The van der Waals surface area contributed by atoms with Crippen LogP contribution in [0.3, 0.4) is 0 Å². The number of nitrogens with zero attached hydrogens (tertiary/aromatic N) is 2. The molecule has 31 heavy (non-hydrogen) atoms. The van der Waals surface area contributed by atoms with Gasteiger partial charge in [-0.15, -0.1) is 0 Å². The largest absolute Gasteiger partial charge is 0.491 e. The number of likely N-dealkylation sites (N-methyl/N-ethyl adjacent to an activating group) is 1. The van der Waals surface area contributed by atoms with E-state index in [2.05, 4.69) is 29.7 Å². The predicted molar refractivity (Wildman–Crippen MR) is 124 cm³/mol. The second-order valence-electron chi connectivity index (χ2n) is 7.54. The molecule has 1 amide bonds. The third kappa shape index (κ3) is 8.30. The molecule has 1 atom stereocenters. The first-order chi connectivity index (χ1) is 14.9. The molecule has 0 saturated carbocycles. The summed E-state index contributed by atoms with van der Waals surface area (Å²) in [4.78, 5) is 18.3. The number of benzene rings is 2. The first-order valence-corrected chi connectivity index (χ1v) is 10.4. The number of methoxy groups -OCH3 is 1. The summed E-state index contributed by atoms with van der Waals surface area (Å²) in [6, 6.07) is 16.2. The summed E-state index contributed by atoms with van der Waals surface area (Å²) in [5.41, 5.74) is 3.22. The quantitative estimate of drug-likeness (QED) is 0.347. The van der Waals surface area contributed by atoms with Crippen LogP contribution >= 0.6 is 0 Å². The fourth-order valence-electron chi connectivity index (χ4n) is 2.83. The Morgan fingerprint density at radius 3 is 2.55 bits per heavy atom. The Labute approximate surface area is 185 Å². The number of hydrogen-bond acceptors (Lipinski definition) is 4. The SMILES string of the molecule is COCCOc1cc(C)ccc1CN=C(NCC(=O)N(C)C)NC(C)c1ccccc1. The van der Waals surface area contributed by atoms with Crippen LogP contribution in [-0.4, -0.2) is 57.7 Å². The molecule has 0 aliphatic rings. The van der Waals surface area contributed by atoms with E-state index < -0.39 is 0 Å². The van der Waals surface area contributed by atoms with E-state index >= 15 is 0 Å². The minimum Gasteiger partial charge on any atom is -0.491 e. The average molecular weight is 427 g/mol. The summed E-state index contributed by atoms with van der Waals surface area (Å²) in [7, 11) is 5.12. The number of aliphatic imine (C=N–C) groups is 1. The van der Waals surface area contributed by atoms with Crippen LogP contribution in [0.1, 0.15) is 29.7 Å². The molecule has 0 radical (unpaired) electrons. The molecule has 0 aliphatic heterocycles. The number of amides is 1. The van der Waals surface area contributed by atoms with Gasteiger partial charge in [0.1, 0.15) is 12.4 Å². The molecule has 168 valence electrons. The maximum Gasteiger partial charge on any atom is 0.241 e. The van der Waals surface area contributed by atoms with Crippen molar-refractivity contribution in [2.24, 2.45) is 4.99 Å². The summed E-state index contributed by atoms with van der Waals surface area (Å²) in [6.45, 7) is 5.65. The highest BCUT2D eigenvalue weighted by molar-refractivity contribution is 5.86. The molecule has 0 bridgehead atoms. The van der Waals surface area contributed by atoms with E-state index in [4.69, 9.17) is 14.5 Å². The normalized spacial score (nSPS) is 12.2. The van der Waals surface area contributed by atoms with Crippen molar-refractivity contribution in [3.63, 3.8) is 0 Å². The maximum atomic E-state index is 12.1. The number of nitrogens with one attached hydrogen (secondary N) is 2. The lowest BCUT2D eigenvalue weighted by molar-refractivity contribution is -0.127. The number of guanidine groups is 1. The van der Waals surface area contributed by atoms with Crippen LogP contribution in [0.2, 0.25) is 0 Å². The average Bonchev–Trinajstić information content (AvgIpc) is 2.76. The molecule has 0 saturated heterocycles. The third-order valence-electron chi connectivity index (χ3n) is 4.73. The fraction of sp³-hybridized carbons (Fsp3) is 0.417. The van der Waals surface area contributed by atoms with Gasteiger partial charge in [-0.2, -0.15) is 0 Å². The lowest BCUT2D eigenvalue weighted by Gasteiger charge is -2.20. The molecule has 0 aliphatic carbocycles. The van der Waals surface area contributed by atoms with Gasteiger partial charge >= 0.3 is 0 Å². The molecule has 2 N–H and O–H groups in total. The van der Waals surface area contributed by atoms with Crippen LogP contribution in [-0.2, 0) is 16.1 Å². The van der Waals surface area contributed by atoms with Gasteiger partial charge in [0, 0.05) is 26.8 Å². The van der Waals surface area contributed by atoms with Crippen molar-refractivity contribution in [3.05, 3.63) is 65.2 Å². The van der Waals surface area contributed by atoms with Crippen LogP contribution < -0.4 is 15.4 Å². The highest BCUT2D eigenvalue weighted by Gasteiger charge is 2.11. The number of carbonyl (C=O) groups is 1. The molecular weight excluding hydrogens is 392 g/mol. The van der Waals surface area contributed by atoms with Crippen molar-refractivity contribution in [2.45, 2.75) is 26.4 Å². The van der Waals surface area contributed by atoms with E-state index in [1.807, 2.05) is 43.3 Å². The highest BCUT2D eigenvalue weighted by Crippen LogP contribution is 2.21. The van der Waals surface area contributed by atoms with Crippen molar-refractivity contribution in [2.75, 3.05) is 41.0 Å². The molecule has 2 aromatic carbocycles. The Hall–Kier alpha value is -3.06.